The van der Waals surface area contributed by atoms with Crippen molar-refractivity contribution in [2.75, 3.05) is 13.6 Å². The van der Waals surface area contributed by atoms with Crippen LogP contribution in [-0.4, -0.2) is 30.4 Å². The lowest BCUT2D eigenvalue weighted by molar-refractivity contribution is -0.132. The standard InChI is InChI=1S/C12H26N2O/c1-6-10(4)8-14(5)12(15)11(13)7-9(2)3/h9-11H,6-8,13H2,1-5H3. The predicted molar refractivity (Wildman–Crippen MR) is 64.5 cm³/mol. The van der Waals surface area contributed by atoms with E-state index < -0.39 is 0 Å². The number of hydrogen-bond donors (Lipinski definition) is 1. The zero-order chi connectivity index (χ0) is 12.0. The van der Waals surface area contributed by atoms with E-state index in [1.165, 1.54) is 0 Å². The van der Waals surface area contributed by atoms with Crippen molar-refractivity contribution >= 4 is 5.91 Å². The smallest absolute Gasteiger partial charge is 0.239 e. The van der Waals surface area contributed by atoms with Gasteiger partial charge >= 0.3 is 0 Å². The van der Waals surface area contributed by atoms with Crippen LogP contribution in [0.15, 0.2) is 0 Å². The molecule has 0 bridgehead atoms. The van der Waals surface area contributed by atoms with Gasteiger partial charge in [0.05, 0.1) is 6.04 Å². The Labute approximate surface area is 94.0 Å². The highest BCUT2D eigenvalue weighted by atomic mass is 16.2. The second-order valence-electron chi connectivity index (χ2n) is 4.97. The van der Waals surface area contributed by atoms with Crippen LogP contribution >= 0.6 is 0 Å². The molecule has 15 heavy (non-hydrogen) atoms. The minimum atomic E-state index is -0.334. The summed E-state index contributed by atoms with van der Waals surface area (Å²) in [5.41, 5.74) is 5.85. The zero-order valence-electron chi connectivity index (χ0n) is 10.8. The number of rotatable bonds is 6. The number of hydrogen-bond acceptors (Lipinski definition) is 2. The highest BCUT2D eigenvalue weighted by Crippen LogP contribution is 2.08. The molecule has 3 nitrogen and oxygen atoms in total. The molecular formula is C12H26N2O. The lowest BCUT2D eigenvalue weighted by Gasteiger charge is -2.24. The summed E-state index contributed by atoms with van der Waals surface area (Å²) in [6.07, 6.45) is 1.86. The Bertz CT molecular complexity index is 192. The predicted octanol–water partition coefficient (Wildman–Crippen LogP) is 1.86. The first kappa shape index (κ1) is 14.4. The van der Waals surface area contributed by atoms with E-state index in [1.54, 1.807) is 4.90 Å². The van der Waals surface area contributed by atoms with Gasteiger partial charge in [-0.25, -0.2) is 0 Å². The van der Waals surface area contributed by atoms with Crippen molar-refractivity contribution in [3.8, 4) is 0 Å². The Morgan fingerprint density at radius 1 is 1.33 bits per heavy atom. The maximum absolute atomic E-state index is 11.8. The minimum absolute atomic E-state index is 0.0731. The van der Waals surface area contributed by atoms with Gasteiger partial charge in [0.25, 0.3) is 0 Å². The summed E-state index contributed by atoms with van der Waals surface area (Å²) in [4.78, 5) is 13.6. The summed E-state index contributed by atoms with van der Waals surface area (Å²) >= 11 is 0. The molecule has 0 aromatic rings. The number of nitrogens with zero attached hydrogens (tertiary/aromatic N) is 1. The Hall–Kier alpha value is -0.570. The fraction of sp³-hybridized carbons (Fsp3) is 0.917. The van der Waals surface area contributed by atoms with E-state index >= 15 is 0 Å². The number of carbonyl (C=O) groups is 1. The molecule has 1 amide bonds. The maximum atomic E-state index is 11.8. The second kappa shape index (κ2) is 6.83. The Morgan fingerprint density at radius 3 is 2.27 bits per heavy atom. The first-order valence-corrected chi connectivity index (χ1v) is 5.89. The Balaban J connectivity index is 4.07. The van der Waals surface area contributed by atoms with Crippen molar-refractivity contribution in [1.82, 2.24) is 4.90 Å². The normalized spacial score (nSPS) is 15.1. The van der Waals surface area contributed by atoms with E-state index in [-0.39, 0.29) is 11.9 Å². The van der Waals surface area contributed by atoms with Gasteiger partial charge in [0, 0.05) is 13.6 Å². The van der Waals surface area contributed by atoms with Gasteiger partial charge in [-0.05, 0) is 18.3 Å². The Morgan fingerprint density at radius 2 is 1.87 bits per heavy atom. The molecule has 90 valence electrons. The lowest BCUT2D eigenvalue weighted by Crippen LogP contribution is -2.43. The van der Waals surface area contributed by atoms with Crippen LogP contribution in [0.5, 0.6) is 0 Å². The van der Waals surface area contributed by atoms with Crippen molar-refractivity contribution in [3.63, 3.8) is 0 Å². The van der Waals surface area contributed by atoms with E-state index in [0.29, 0.717) is 11.8 Å². The summed E-state index contributed by atoms with van der Waals surface area (Å²) in [5.74, 6) is 1.09. The van der Waals surface area contributed by atoms with Crippen LogP contribution in [0, 0.1) is 11.8 Å². The highest BCUT2D eigenvalue weighted by Gasteiger charge is 2.19. The van der Waals surface area contributed by atoms with Crippen molar-refractivity contribution in [3.05, 3.63) is 0 Å². The van der Waals surface area contributed by atoms with Crippen LogP contribution in [0.1, 0.15) is 40.5 Å². The average Bonchev–Trinajstić information content (AvgIpc) is 2.15. The Kier molecular flexibility index (Phi) is 6.57. The third-order valence-electron chi connectivity index (χ3n) is 2.70. The molecule has 0 fully saturated rings. The molecule has 2 N–H and O–H groups in total. The van der Waals surface area contributed by atoms with Gasteiger partial charge in [-0.1, -0.05) is 34.1 Å². The van der Waals surface area contributed by atoms with Gasteiger partial charge in [0.1, 0.15) is 0 Å². The number of nitrogens with two attached hydrogens (primary N) is 1. The van der Waals surface area contributed by atoms with Gasteiger partial charge in [0.2, 0.25) is 5.91 Å². The van der Waals surface area contributed by atoms with Crippen LogP contribution in [-0.2, 0) is 4.79 Å². The molecule has 2 atom stereocenters. The number of amides is 1. The SMILES string of the molecule is CCC(C)CN(C)C(=O)C(N)CC(C)C. The summed E-state index contributed by atoms with van der Waals surface area (Å²) in [5, 5.41) is 0. The molecule has 0 spiro atoms. The molecule has 0 saturated carbocycles. The summed E-state index contributed by atoms with van der Waals surface area (Å²) in [7, 11) is 1.84. The van der Waals surface area contributed by atoms with Crippen molar-refractivity contribution in [2.45, 2.75) is 46.6 Å². The lowest BCUT2D eigenvalue weighted by atomic mass is 10.0. The second-order valence-corrected chi connectivity index (χ2v) is 4.97. The monoisotopic (exact) mass is 214 g/mol. The summed E-state index contributed by atoms with van der Waals surface area (Å²) in [6, 6.07) is -0.334. The van der Waals surface area contributed by atoms with Gasteiger partial charge in [0.15, 0.2) is 0 Å². The number of likely N-dealkylation sites (N-methyl/N-ethyl adjacent to an activating group) is 1. The van der Waals surface area contributed by atoms with Gasteiger partial charge in [-0.2, -0.15) is 0 Å². The zero-order valence-corrected chi connectivity index (χ0v) is 10.8. The third kappa shape index (κ3) is 5.78. The molecule has 0 saturated heterocycles. The largest absolute Gasteiger partial charge is 0.344 e. The topological polar surface area (TPSA) is 46.3 Å². The molecule has 0 aromatic carbocycles. The number of carbonyl (C=O) groups excluding carboxylic acids is 1. The molecule has 0 aliphatic carbocycles. The molecule has 0 aromatic heterocycles. The molecular weight excluding hydrogens is 188 g/mol. The van der Waals surface area contributed by atoms with Crippen LogP contribution in [0.2, 0.25) is 0 Å². The van der Waals surface area contributed by atoms with Crippen molar-refractivity contribution < 1.29 is 4.79 Å². The van der Waals surface area contributed by atoms with Gasteiger partial charge in [-0.15, -0.1) is 0 Å². The van der Waals surface area contributed by atoms with Crippen LogP contribution in [0.4, 0.5) is 0 Å². The van der Waals surface area contributed by atoms with Crippen LogP contribution in [0.3, 0.4) is 0 Å². The highest BCUT2D eigenvalue weighted by molar-refractivity contribution is 5.81. The molecule has 0 aliphatic heterocycles. The van der Waals surface area contributed by atoms with E-state index in [0.717, 1.165) is 19.4 Å². The van der Waals surface area contributed by atoms with Crippen LogP contribution in [0.25, 0.3) is 0 Å². The van der Waals surface area contributed by atoms with Crippen molar-refractivity contribution in [1.29, 1.82) is 0 Å². The molecule has 0 rings (SSSR count). The molecule has 0 radical (unpaired) electrons. The first-order chi connectivity index (χ1) is 6.88. The first-order valence-electron chi connectivity index (χ1n) is 5.89. The summed E-state index contributed by atoms with van der Waals surface area (Å²) < 4.78 is 0. The van der Waals surface area contributed by atoms with E-state index in [9.17, 15) is 4.79 Å². The minimum Gasteiger partial charge on any atom is -0.344 e. The molecule has 2 unspecified atom stereocenters. The maximum Gasteiger partial charge on any atom is 0.239 e. The molecule has 0 heterocycles. The summed E-state index contributed by atoms with van der Waals surface area (Å²) in [6.45, 7) is 9.26. The van der Waals surface area contributed by atoms with Crippen LogP contribution < -0.4 is 5.73 Å². The third-order valence-corrected chi connectivity index (χ3v) is 2.70. The quantitative estimate of drug-likeness (QED) is 0.733. The van der Waals surface area contributed by atoms with Gasteiger partial charge in [-0.3, -0.25) is 4.79 Å². The fourth-order valence-corrected chi connectivity index (χ4v) is 1.58. The molecule has 3 heteroatoms. The van der Waals surface area contributed by atoms with Crippen molar-refractivity contribution in [2.24, 2.45) is 17.6 Å². The average molecular weight is 214 g/mol. The van der Waals surface area contributed by atoms with E-state index in [1.807, 2.05) is 7.05 Å². The molecule has 0 aliphatic rings. The van der Waals surface area contributed by atoms with Gasteiger partial charge < -0.3 is 10.6 Å². The van der Waals surface area contributed by atoms with E-state index in [2.05, 4.69) is 27.7 Å². The van der Waals surface area contributed by atoms with E-state index in [4.69, 9.17) is 5.73 Å². The fourth-order valence-electron chi connectivity index (χ4n) is 1.58.